The average Bonchev–Trinajstić information content (AvgIpc) is 2.81. The van der Waals surface area contributed by atoms with Gasteiger partial charge in [0.15, 0.2) is 0 Å². The molecule has 0 aromatic rings. The van der Waals surface area contributed by atoms with Gasteiger partial charge in [-0.3, -0.25) is 9.69 Å². The lowest BCUT2D eigenvalue weighted by Gasteiger charge is -2.33. The molecular formula is C13H25N3O2. The van der Waals surface area contributed by atoms with E-state index in [0.717, 1.165) is 32.7 Å². The fourth-order valence-electron chi connectivity index (χ4n) is 2.67. The second-order valence-corrected chi connectivity index (χ2v) is 5.66. The molecule has 2 saturated heterocycles. The molecular weight excluding hydrogens is 230 g/mol. The number of hydrogen-bond acceptors (Lipinski definition) is 4. The van der Waals surface area contributed by atoms with Crippen LogP contribution in [0.15, 0.2) is 0 Å². The first-order valence-electron chi connectivity index (χ1n) is 6.80. The van der Waals surface area contributed by atoms with Gasteiger partial charge in [0.2, 0.25) is 5.91 Å². The van der Waals surface area contributed by atoms with Crippen LogP contribution in [-0.4, -0.2) is 86.7 Å². The molecule has 0 radical (unpaired) electrons. The zero-order chi connectivity index (χ0) is 13.1. The molecule has 2 fully saturated rings. The number of likely N-dealkylation sites (tertiary alicyclic amines) is 1. The number of carbonyl (C=O) groups is 1. The van der Waals surface area contributed by atoms with E-state index in [-0.39, 0.29) is 11.9 Å². The molecule has 2 atom stereocenters. The molecule has 2 aliphatic heterocycles. The standard InChI is InChI=1S/C13H25N3O2/c1-14(2)11-4-5-16(9-11)13(17)8-12-10-18-7-6-15(12)3/h11-12H,4-10H2,1-3H3. The van der Waals surface area contributed by atoms with Crippen LogP contribution in [0.3, 0.4) is 0 Å². The molecule has 1 amide bonds. The van der Waals surface area contributed by atoms with Crippen LogP contribution in [0.2, 0.25) is 0 Å². The number of amides is 1. The zero-order valence-corrected chi connectivity index (χ0v) is 11.8. The maximum Gasteiger partial charge on any atom is 0.224 e. The van der Waals surface area contributed by atoms with Crippen molar-refractivity contribution in [2.75, 3.05) is 54.0 Å². The van der Waals surface area contributed by atoms with Crippen molar-refractivity contribution in [2.24, 2.45) is 0 Å². The molecule has 0 aromatic heterocycles. The van der Waals surface area contributed by atoms with Gasteiger partial charge in [0.05, 0.1) is 13.2 Å². The first-order valence-corrected chi connectivity index (χ1v) is 6.80. The van der Waals surface area contributed by atoms with Crippen molar-refractivity contribution in [1.82, 2.24) is 14.7 Å². The summed E-state index contributed by atoms with van der Waals surface area (Å²) in [6.07, 6.45) is 1.69. The van der Waals surface area contributed by atoms with E-state index in [1.807, 2.05) is 4.90 Å². The topological polar surface area (TPSA) is 36.0 Å². The molecule has 2 rings (SSSR count). The molecule has 2 heterocycles. The molecule has 0 bridgehead atoms. The van der Waals surface area contributed by atoms with Crippen LogP contribution in [0.25, 0.3) is 0 Å². The molecule has 0 aromatic carbocycles. The van der Waals surface area contributed by atoms with Crippen molar-refractivity contribution < 1.29 is 9.53 Å². The first kappa shape index (κ1) is 13.8. The number of morpholine rings is 1. The molecule has 18 heavy (non-hydrogen) atoms. The van der Waals surface area contributed by atoms with Crippen molar-refractivity contribution in [3.05, 3.63) is 0 Å². The van der Waals surface area contributed by atoms with E-state index in [4.69, 9.17) is 4.74 Å². The number of ether oxygens (including phenoxy) is 1. The normalized spacial score (nSPS) is 30.1. The van der Waals surface area contributed by atoms with Gasteiger partial charge in [-0.05, 0) is 27.6 Å². The summed E-state index contributed by atoms with van der Waals surface area (Å²) in [7, 11) is 6.25. The Hall–Kier alpha value is -0.650. The average molecular weight is 255 g/mol. The lowest BCUT2D eigenvalue weighted by atomic mass is 10.1. The number of rotatable bonds is 3. The van der Waals surface area contributed by atoms with Crippen LogP contribution >= 0.6 is 0 Å². The van der Waals surface area contributed by atoms with Crippen molar-refractivity contribution in [2.45, 2.75) is 24.9 Å². The van der Waals surface area contributed by atoms with E-state index < -0.39 is 0 Å². The SMILES string of the molecule is CN(C)C1CCN(C(=O)CC2COCCN2C)C1. The van der Waals surface area contributed by atoms with Gasteiger partial charge in [0, 0.05) is 38.1 Å². The minimum Gasteiger partial charge on any atom is -0.378 e. The summed E-state index contributed by atoms with van der Waals surface area (Å²) in [5, 5.41) is 0. The van der Waals surface area contributed by atoms with Gasteiger partial charge in [0.25, 0.3) is 0 Å². The van der Waals surface area contributed by atoms with Crippen LogP contribution in [0, 0.1) is 0 Å². The Balaban J connectivity index is 1.81. The van der Waals surface area contributed by atoms with Gasteiger partial charge < -0.3 is 14.5 Å². The Morgan fingerprint density at radius 1 is 1.39 bits per heavy atom. The molecule has 0 aliphatic carbocycles. The second kappa shape index (κ2) is 5.99. The minimum absolute atomic E-state index is 0.254. The van der Waals surface area contributed by atoms with Gasteiger partial charge in [0.1, 0.15) is 0 Å². The monoisotopic (exact) mass is 255 g/mol. The van der Waals surface area contributed by atoms with E-state index >= 15 is 0 Å². The summed E-state index contributed by atoms with van der Waals surface area (Å²) in [5.74, 6) is 0.279. The third kappa shape index (κ3) is 3.22. The highest BCUT2D eigenvalue weighted by Gasteiger charge is 2.30. The fourth-order valence-corrected chi connectivity index (χ4v) is 2.67. The van der Waals surface area contributed by atoms with Crippen LogP contribution in [0.1, 0.15) is 12.8 Å². The van der Waals surface area contributed by atoms with E-state index in [2.05, 4.69) is 30.9 Å². The highest BCUT2D eigenvalue weighted by Crippen LogP contribution is 2.16. The molecule has 104 valence electrons. The number of likely N-dealkylation sites (N-methyl/N-ethyl adjacent to an activating group) is 2. The molecule has 2 unspecified atom stereocenters. The van der Waals surface area contributed by atoms with Crippen molar-refractivity contribution in [1.29, 1.82) is 0 Å². The van der Waals surface area contributed by atoms with Gasteiger partial charge >= 0.3 is 0 Å². The van der Waals surface area contributed by atoms with Crippen molar-refractivity contribution >= 4 is 5.91 Å². The highest BCUT2D eigenvalue weighted by atomic mass is 16.5. The number of hydrogen-bond donors (Lipinski definition) is 0. The second-order valence-electron chi connectivity index (χ2n) is 5.66. The van der Waals surface area contributed by atoms with E-state index in [1.165, 1.54) is 0 Å². The van der Waals surface area contributed by atoms with E-state index in [1.54, 1.807) is 0 Å². The largest absolute Gasteiger partial charge is 0.378 e. The summed E-state index contributed by atoms with van der Waals surface area (Å²) in [5.41, 5.74) is 0. The van der Waals surface area contributed by atoms with E-state index in [9.17, 15) is 4.79 Å². The summed E-state index contributed by atoms with van der Waals surface area (Å²) >= 11 is 0. The predicted octanol–water partition coefficient (Wildman–Crippen LogP) is -0.130. The van der Waals surface area contributed by atoms with Gasteiger partial charge in [-0.25, -0.2) is 0 Å². The van der Waals surface area contributed by atoms with Crippen LogP contribution < -0.4 is 0 Å². The quantitative estimate of drug-likeness (QED) is 0.704. The summed E-state index contributed by atoms with van der Waals surface area (Å²) in [6.45, 7) is 4.18. The molecule has 5 nitrogen and oxygen atoms in total. The summed E-state index contributed by atoms with van der Waals surface area (Å²) < 4.78 is 5.45. The Bertz CT molecular complexity index is 296. The number of nitrogens with zero attached hydrogens (tertiary/aromatic N) is 3. The van der Waals surface area contributed by atoms with Gasteiger partial charge in [-0.2, -0.15) is 0 Å². The molecule has 0 N–H and O–H groups in total. The maximum atomic E-state index is 12.3. The van der Waals surface area contributed by atoms with Crippen LogP contribution in [-0.2, 0) is 9.53 Å². The molecule has 0 saturated carbocycles. The Morgan fingerprint density at radius 2 is 2.17 bits per heavy atom. The molecule has 5 heteroatoms. The third-order valence-electron chi connectivity index (χ3n) is 4.18. The zero-order valence-electron chi connectivity index (χ0n) is 11.8. The Labute approximate surface area is 110 Å². The van der Waals surface area contributed by atoms with Crippen LogP contribution in [0.5, 0.6) is 0 Å². The minimum atomic E-state index is 0.254. The molecule has 2 aliphatic rings. The van der Waals surface area contributed by atoms with Gasteiger partial charge in [-0.15, -0.1) is 0 Å². The number of carbonyl (C=O) groups excluding carboxylic acids is 1. The van der Waals surface area contributed by atoms with Crippen molar-refractivity contribution in [3.63, 3.8) is 0 Å². The summed E-state index contributed by atoms with van der Waals surface area (Å²) in [4.78, 5) is 18.7. The van der Waals surface area contributed by atoms with Gasteiger partial charge in [-0.1, -0.05) is 0 Å². The predicted molar refractivity (Wildman–Crippen MR) is 70.5 cm³/mol. The maximum absolute atomic E-state index is 12.3. The van der Waals surface area contributed by atoms with E-state index in [0.29, 0.717) is 19.1 Å². The fraction of sp³-hybridized carbons (Fsp3) is 0.923. The highest BCUT2D eigenvalue weighted by molar-refractivity contribution is 5.77. The third-order valence-corrected chi connectivity index (χ3v) is 4.18. The van der Waals surface area contributed by atoms with Crippen LogP contribution in [0.4, 0.5) is 0 Å². The smallest absolute Gasteiger partial charge is 0.224 e. The van der Waals surface area contributed by atoms with Crippen molar-refractivity contribution in [3.8, 4) is 0 Å². The Kier molecular flexibility index (Phi) is 4.59. The molecule has 0 spiro atoms. The lowest BCUT2D eigenvalue weighted by Crippen LogP contribution is -2.46. The summed E-state index contributed by atoms with van der Waals surface area (Å²) in [6, 6.07) is 0.777. The Morgan fingerprint density at radius 3 is 2.78 bits per heavy atom. The first-order chi connectivity index (χ1) is 8.58. The lowest BCUT2D eigenvalue weighted by molar-refractivity contribution is -0.133.